The van der Waals surface area contributed by atoms with Crippen LogP contribution in [0, 0.1) is 11.6 Å². The van der Waals surface area contributed by atoms with Crippen molar-refractivity contribution in [1.29, 1.82) is 0 Å². The number of aromatic hydroxyl groups is 1. The number of pyridine rings is 1. The number of rotatable bonds is 7. The van der Waals surface area contributed by atoms with Crippen LogP contribution in [-0.4, -0.2) is 82.3 Å². The smallest absolute Gasteiger partial charge is 0.319 e. The molecule has 3 saturated heterocycles. The fourth-order valence-corrected chi connectivity index (χ4v) is 8.21. The van der Waals surface area contributed by atoms with Crippen molar-refractivity contribution in [2.24, 2.45) is 0 Å². The normalized spacial score (nSPS) is 23.5. The SMILES string of the molecule is CCc1c(F)ccc2cc(O)cc(-c3ncc4c(NC5CS(=O)(=O)C5)nc(OC[C@@]56CCCN5C[C@H](F)C6)nc4c3F)c12. The van der Waals surface area contributed by atoms with Gasteiger partial charge < -0.3 is 15.2 Å². The molecule has 13 heteroatoms. The molecule has 0 amide bonds. The second-order valence-electron chi connectivity index (χ2n) is 11.8. The van der Waals surface area contributed by atoms with Gasteiger partial charge in [-0.3, -0.25) is 9.88 Å². The molecule has 3 aliphatic heterocycles. The second kappa shape index (κ2) is 10.2. The molecular formula is C30H30F3N5O4S. The molecule has 5 heterocycles. The maximum atomic E-state index is 16.5. The van der Waals surface area contributed by atoms with Gasteiger partial charge in [-0.05, 0) is 60.3 Å². The summed E-state index contributed by atoms with van der Waals surface area (Å²) in [5.74, 6) is -1.46. The third-order valence-corrected chi connectivity index (χ3v) is 10.7. The van der Waals surface area contributed by atoms with Gasteiger partial charge in [0.25, 0.3) is 0 Å². The zero-order valence-corrected chi connectivity index (χ0v) is 24.2. The molecule has 2 aromatic carbocycles. The Hall–Kier alpha value is -3.71. The average Bonchev–Trinajstić information content (AvgIpc) is 3.47. The Kier molecular flexibility index (Phi) is 6.65. The van der Waals surface area contributed by atoms with Gasteiger partial charge in [-0.1, -0.05) is 13.0 Å². The number of phenols is 1. The van der Waals surface area contributed by atoms with E-state index >= 15 is 4.39 Å². The number of hydrogen-bond acceptors (Lipinski definition) is 9. The highest BCUT2D eigenvalue weighted by Gasteiger charge is 2.49. The summed E-state index contributed by atoms with van der Waals surface area (Å²) in [4.78, 5) is 15.3. The number of anilines is 1. The van der Waals surface area contributed by atoms with E-state index in [1.54, 1.807) is 6.92 Å². The van der Waals surface area contributed by atoms with Crippen LogP contribution in [0.5, 0.6) is 11.8 Å². The molecule has 0 bridgehead atoms. The van der Waals surface area contributed by atoms with Crippen LogP contribution < -0.4 is 10.1 Å². The van der Waals surface area contributed by atoms with E-state index in [4.69, 9.17) is 4.74 Å². The molecule has 0 radical (unpaired) electrons. The first kappa shape index (κ1) is 28.1. The maximum absolute atomic E-state index is 16.5. The first-order chi connectivity index (χ1) is 20.6. The first-order valence-electron chi connectivity index (χ1n) is 14.4. The number of nitrogens with zero attached hydrogens (tertiary/aromatic N) is 4. The van der Waals surface area contributed by atoms with Gasteiger partial charge in [0.1, 0.15) is 41.4 Å². The predicted octanol–water partition coefficient (Wildman–Crippen LogP) is 4.56. The van der Waals surface area contributed by atoms with E-state index in [9.17, 15) is 22.3 Å². The van der Waals surface area contributed by atoms with Crippen molar-refractivity contribution in [3.05, 3.63) is 47.7 Å². The Labute approximate surface area is 246 Å². The van der Waals surface area contributed by atoms with Gasteiger partial charge in [-0.25, -0.2) is 21.6 Å². The van der Waals surface area contributed by atoms with Crippen molar-refractivity contribution in [1.82, 2.24) is 19.9 Å². The highest BCUT2D eigenvalue weighted by atomic mass is 32.2. The standard InChI is InChI=1S/C30H30F3N5O4S/c1-2-20-23(32)5-4-16-8-19(39)9-21(24(16)20)26-25(33)27-22(11-34-26)28(35-18-13-43(40,41)14-18)37-29(36-27)42-15-30-6-3-7-38(30)12-17(31)10-30/h4-5,8-9,11,17-18,39H,2-3,6-7,10,12-15H2,1H3,(H,35,36,37)/t17-,30+/m1/s1. The molecule has 2 atom stereocenters. The van der Waals surface area contributed by atoms with E-state index in [0.29, 0.717) is 35.7 Å². The molecular weight excluding hydrogens is 583 g/mol. The van der Waals surface area contributed by atoms with E-state index in [1.165, 1.54) is 30.5 Å². The molecule has 3 aliphatic rings. The number of ether oxygens (including phenoxy) is 1. The fourth-order valence-electron chi connectivity index (χ4n) is 6.92. The number of sulfone groups is 1. The number of halogens is 3. The van der Waals surface area contributed by atoms with Crippen molar-refractivity contribution in [3.63, 3.8) is 0 Å². The highest BCUT2D eigenvalue weighted by Crippen LogP contribution is 2.41. The molecule has 226 valence electrons. The lowest BCUT2D eigenvalue weighted by Crippen LogP contribution is -2.46. The molecule has 3 fully saturated rings. The van der Waals surface area contributed by atoms with Crippen LogP contribution in [0.3, 0.4) is 0 Å². The third kappa shape index (κ3) is 4.82. The van der Waals surface area contributed by atoms with Crippen LogP contribution in [0.2, 0.25) is 0 Å². The van der Waals surface area contributed by atoms with Gasteiger partial charge in [-0.15, -0.1) is 0 Å². The van der Waals surface area contributed by atoms with Crippen molar-refractivity contribution < 1.29 is 31.4 Å². The van der Waals surface area contributed by atoms with E-state index in [2.05, 4.69) is 25.2 Å². The van der Waals surface area contributed by atoms with Crippen LogP contribution in [0.25, 0.3) is 32.9 Å². The lowest BCUT2D eigenvalue weighted by molar-refractivity contribution is 0.107. The Morgan fingerprint density at radius 3 is 2.79 bits per heavy atom. The van der Waals surface area contributed by atoms with Crippen molar-refractivity contribution in [3.8, 4) is 23.0 Å². The van der Waals surface area contributed by atoms with Gasteiger partial charge in [0.2, 0.25) is 0 Å². The highest BCUT2D eigenvalue weighted by molar-refractivity contribution is 7.92. The number of fused-ring (bicyclic) bond motifs is 3. The quantitative estimate of drug-likeness (QED) is 0.310. The Morgan fingerprint density at radius 2 is 2.02 bits per heavy atom. The van der Waals surface area contributed by atoms with Crippen LogP contribution >= 0.6 is 0 Å². The van der Waals surface area contributed by atoms with Crippen molar-refractivity contribution in [2.45, 2.75) is 50.4 Å². The number of nitrogens with one attached hydrogen (secondary N) is 1. The van der Waals surface area contributed by atoms with Gasteiger partial charge in [0, 0.05) is 24.7 Å². The second-order valence-corrected chi connectivity index (χ2v) is 13.9. The van der Waals surface area contributed by atoms with Crippen LogP contribution in [0.15, 0.2) is 30.5 Å². The number of aryl methyl sites for hydroxylation is 1. The summed E-state index contributed by atoms with van der Waals surface area (Å²) in [6.07, 6.45) is 2.74. The van der Waals surface area contributed by atoms with Gasteiger partial charge in [0.05, 0.1) is 28.5 Å². The number of hydrogen-bond donors (Lipinski definition) is 2. The summed E-state index contributed by atoms with van der Waals surface area (Å²) in [6, 6.07) is 5.08. The van der Waals surface area contributed by atoms with E-state index in [-0.39, 0.29) is 57.9 Å². The summed E-state index contributed by atoms with van der Waals surface area (Å²) in [5, 5.41) is 14.7. The number of aromatic nitrogens is 3. The molecule has 0 spiro atoms. The minimum atomic E-state index is -3.16. The average molecular weight is 614 g/mol. The number of alkyl halides is 1. The van der Waals surface area contributed by atoms with Crippen LogP contribution in [0.4, 0.5) is 19.0 Å². The van der Waals surface area contributed by atoms with E-state index in [1.807, 2.05) is 0 Å². The minimum absolute atomic E-state index is 0.0979. The summed E-state index contributed by atoms with van der Waals surface area (Å²) >= 11 is 0. The minimum Gasteiger partial charge on any atom is -0.508 e. The van der Waals surface area contributed by atoms with E-state index in [0.717, 1.165) is 19.4 Å². The first-order valence-corrected chi connectivity index (χ1v) is 16.2. The Bertz CT molecular complexity index is 1880. The molecule has 7 rings (SSSR count). The van der Waals surface area contributed by atoms with Crippen molar-refractivity contribution in [2.75, 3.05) is 36.5 Å². The summed E-state index contributed by atoms with van der Waals surface area (Å²) in [7, 11) is -3.16. The molecule has 2 N–H and O–H groups in total. The van der Waals surface area contributed by atoms with E-state index < -0.39 is 39.2 Å². The third-order valence-electron chi connectivity index (χ3n) is 8.91. The summed E-state index contributed by atoms with van der Waals surface area (Å²) in [5.41, 5.74) is -0.214. The summed E-state index contributed by atoms with van der Waals surface area (Å²) in [6.45, 7) is 3.01. The molecule has 2 aromatic heterocycles. The molecule has 0 aliphatic carbocycles. The largest absolute Gasteiger partial charge is 0.508 e. The molecule has 0 saturated carbocycles. The Morgan fingerprint density at radius 1 is 1.21 bits per heavy atom. The van der Waals surface area contributed by atoms with Crippen LogP contribution in [0.1, 0.15) is 31.7 Å². The monoisotopic (exact) mass is 613 g/mol. The molecule has 0 unspecified atom stereocenters. The fraction of sp³-hybridized carbons (Fsp3) is 0.433. The van der Waals surface area contributed by atoms with Gasteiger partial charge in [-0.2, -0.15) is 9.97 Å². The number of benzene rings is 2. The van der Waals surface area contributed by atoms with Gasteiger partial charge in [0.15, 0.2) is 15.7 Å². The molecule has 9 nitrogen and oxygen atoms in total. The molecule has 4 aromatic rings. The molecule has 43 heavy (non-hydrogen) atoms. The topological polar surface area (TPSA) is 118 Å². The predicted molar refractivity (Wildman–Crippen MR) is 156 cm³/mol. The summed E-state index contributed by atoms with van der Waals surface area (Å²) < 4.78 is 75.3. The lowest BCUT2D eigenvalue weighted by atomic mass is 9.94. The van der Waals surface area contributed by atoms with Crippen LogP contribution in [-0.2, 0) is 16.3 Å². The van der Waals surface area contributed by atoms with Gasteiger partial charge >= 0.3 is 6.01 Å². The maximum Gasteiger partial charge on any atom is 0.319 e. The zero-order chi connectivity index (χ0) is 30.1. The Balaban J connectivity index is 1.35. The lowest BCUT2D eigenvalue weighted by Gasteiger charge is -2.31. The number of phenolic OH excluding ortho intramolecular Hbond substituents is 1. The zero-order valence-electron chi connectivity index (χ0n) is 23.4. The van der Waals surface area contributed by atoms with Crippen molar-refractivity contribution >= 4 is 37.3 Å².